The fourth-order valence-electron chi connectivity index (χ4n) is 5.72. The quantitative estimate of drug-likeness (QED) is 0.854. The van der Waals surface area contributed by atoms with E-state index in [9.17, 15) is 4.79 Å². The van der Waals surface area contributed by atoms with Crippen LogP contribution in [-0.2, 0) is 0 Å². The Bertz CT molecular complexity index is 932. The zero-order valence-corrected chi connectivity index (χ0v) is 17.6. The molecule has 0 unspecified atom stereocenters. The molecular formula is C22H30N2O4. The summed E-state index contributed by atoms with van der Waals surface area (Å²) in [7, 11) is 4.76. The fraction of sp³-hybridized carbons (Fsp3) is 0.591. The average molecular weight is 386 g/mol. The molecule has 2 aliphatic rings. The first-order chi connectivity index (χ1) is 13.2. The van der Waals surface area contributed by atoms with Gasteiger partial charge in [0.2, 0.25) is 5.75 Å². The van der Waals surface area contributed by atoms with Gasteiger partial charge in [-0.25, -0.2) is 0 Å². The van der Waals surface area contributed by atoms with E-state index in [1.165, 1.54) is 0 Å². The first-order valence-electron chi connectivity index (χ1n) is 9.83. The van der Waals surface area contributed by atoms with Crippen LogP contribution in [0.3, 0.4) is 0 Å². The van der Waals surface area contributed by atoms with Crippen molar-refractivity contribution in [2.24, 2.45) is 10.8 Å². The minimum atomic E-state index is 0.0580. The van der Waals surface area contributed by atoms with Crippen molar-refractivity contribution in [2.75, 3.05) is 27.9 Å². The summed E-state index contributed by atoms with van der Waals surface area (Å²) in [6.07, 6.45) is 3.31. The third-order valence-electron chi connectivity index (χ3n) is 6.33. The molecule has 2 aromatic rings. The Balaban J connectivity index is 1.73. The van der Waals surface area contributed by atoms with Crippen molar-refractivity contribution < 1.29 is 19.0 Å². The van der Waals surface area contributed by atoms with Crippen LogP contribution in [0.25, 0.3) is 10.9 Å². The lowest BCUT2D eigenvalue weighted by Crippen LogP contribution is -2.37. The van der Waals surface area contributed by atoms with Gasteiger partial charge in [0.25, 0.3) is 5.91 Å². The number of ether oxygens (including phenoxy) is 3. The van der Waals surface area contributed by atoms with Crippen molar-refractivity contribution in [1.29, 1.82) is 0 Å². The second kappa shape index (κ2) is 6.33. The van der Waals surface area contributed by atoms with Crippen molar-refractivity contribution in [1.82, 2.24) is 9.88 Å². The van der Waals surface area contributed by atoms with Crippen LogP contribution in [0.15, 0.2) is 12.1 Å². The van der Waals surface area contributed by atoms with Crippen molar-refractivity contribution in [3.8, 4) is 17.2 Å². The van der Waals surface area contributed by atoms with Gasteiger partial charge >= 0.3 is 0 Å². The van der Waals surface area contributed by atoms with Gasteiger partial charge in [-0.2, -0.15) is 0 Å². The molecule has 28 heavy (non-hydrogen) atoms. The summed E-state index contributed by atoms with van der Waals surface area (Å²) in [5.41, 5.74) is 1.86. The molecule has 1 saturated carbocycles. The van der Waals surface area contributed by atoms with Gasteiger partial charge in [-0.3, -0.25) is 4.79 Å². The van der Waals surface area contributed by atoms with Crippen LogP contribution in [0, 0.1) is 10.8 Å². The van der Waals surface area contributed by atoms with Crippen molar-refractivity contribution in [3.05, 3.63) is 17.8 Å². The molecule has 2 fully saturated rings. The lowest BCUT2D eigenvalue weighted by atomic mass is 9.65. The van der Waals surface area contributed by atoms with Gasteiger partial charge in [0.05, 0.1) is 26.8 Å². The molecule has 1 aliphatic carbocycles. The van der Waals surface area contributed by atoms with Crippen LogP contribution < -0.4 is 14.2 Å². The molecule has 2 atom stereocenters. The molecule has 152 valence electrons. The number of carbonyl (C=O) groups excluding carboxylic acids is 1. The van der Waals surface area contributed by atoms with Gasteiger partial charge in [0, 0.05) is 24.0 Å². The number of aromatic amines is 1. The summed E-state index contributed by atoms with van der Waals surface area (Å²) in [5, 5.41) is 0.817. The fourth-order valence-corrected chi connectivity index (χ4v) is 5.72. The van der Waals surface area contributed by atoms with E-state index in [-0.39, 0.29) is 16.7 Å². The van der Waals surface area contributed by atoms with Crippen molar-refractivity contribution in [3.63, 3.8) is 0 Å². The van der Waals surface area contributed by atoms with Crippen LogP contribution in [0.5, 0.6) is 17.2 Å². The molecule has 6 nitrogen and oxygen atoms in total. The molecule has 1 aromatic heterocycles. The third kappa shape index (κ3) is 2.90. The summed E-state index contributed by atoms with van der Waals surface area (Å²) >= 11 is 0. The number of likely N-dealkylation sites (tertiary alicyclic amines) is 1. The molecule has 1 N–H and O–H groups in total. The highest BCUT2D eigenvalue weighted by Crippen LogP contribution is 2.53. The van der Waals surface area contributed by atoms with Crippen LogP contribution >= 0.6 is 0 Å². The normalized spacial score (nSPS) is 25.8. The summed E-state index contributed by atoms with van der Waals surface area (Å²) in [6, 6.07) is 4.02. The van der Waals surface area contributed by atoms with Gasteiger partial charge in [0.1, 0.15) is 5.69 Å². The van der Waals surface area contributed by atoms with Crippen molar-refractivity contribution >= 4 is 16.8 Å². The minimum Gasteiger partial charge on any atom is -0.493 e. The topological polar surface area (TPSA) is 63.8 Å². The van der Waals surface area contributed by atoms with Crippen LogP contribution in [0.2, 0.25) is 0 Å². The molecule has 0 spiro atoms. The molecular weight excluding hydrogens is 356 g/mol. The monoisotopic (exact) mass is 386 g/mol. The van der Waals surface area contributed by atoms with E-state index in [2.05, 4.69) is 30.7 Å². The van der Waals surface area contributed by atoms with Gasteiger partial charge in [-0.15, -0.1) is 0 Å². The number of nitrogens with zero attached hydrogens (tertiary/aromatic N) is 1. The van der Waals surface area contributed by atoms with Crippen LogP contribution in [0.4, 0.5) is 0 Å². The number of fused-ring (bicyclic) bond motifs is 3. The third-order valence-corrected chi connectivity index (χ3v) is 6.33. The van der Waals surface area contributed by atoms with Gasteiger partial charge in [0.15, 0.2) is 11.5 Å². The highest BCUT2D eigenvalue weighted by atomic mass is 16.5. The number of nitrogens with one attached hydrogen (secondary N) is 1. The molecule has 2 bridgehead atoms. The number of amides is 1. The standard InChI is InChI=1S/C22H30N2O4/c1-21(2)9-13-10-22(3,11-21)12-24(13)20(25)16-7-14-15(23-16)8-17(26-4)19(28-6)18(14)27-5/h7-8,13,23H,9-12H2,1-6H3/t13-,22-/m0/s1. The Hall–Kier alpha value is -2.37. The molecule has 1 saturated heterocycles. The Labute approximate surface area is 166 Å². The Kier molecular flexibility index (Phi) is 4.28. The SMILES string of the molecule is COc1cc2[nH]c(C(=O)N3C[C@@]4(C)C[C@@H]3CC(C)(C)C4)cc2c(OC)c1OC. The summed E-state index contributed by atoms with van der Waals surface area (Å²) in [5.74, 6) is 1.73. The van der Waals surface area contributed by atoms with Crippen LogP contribution in [0.1, 0.15) is 50.5 Å². The predicted molar refractivity (Wildman–Crippen MR) is 109 cm³/mol. The minimum absolute atomic E-state index is 0.0580. The maximum atomic E-state index is 13.4. The maximum Gasteiger partial charge on any atom is 0.270 e. The summed E-state index contributed by atoms with van der Waals surface area (Å²) < 4.78 is 16.5. The second-order valence-electron chi connectivity index (χ2n) is 9.44. The molecule has 1 aliphatic heterocycles. The van der Waals surface area contributed by atoms with E-state index < -0.39 is 0 Å². The number of benzene rings is 1. The first-order valence-corrected chi connectivity index (χ1v) is 9.83. The molecule has 1 amide bonds. The van der Waals surface area contributed by atoms with E-state index in [1.807, 2.05) is 12.1 Å². The van der Waals surface area contributed by atoms with Gasteiger partial charge < -0.3 is 24.1 Å². The Morgan fingerprint density at radius 1 is 1.07 bits per heavy atom. The number of carbonyl (C=O) groups is 1. The van der Waals surface area contributed by atoms with E-state index in [0.717, 1.165) is 36.7 Å². The van der Waals surface area contributed by atoms with E-state index in [0.29, 0.717) is 29.0 Å². The summed E-state index contributed by atoms with van der Waals surface area (Å²) in [6.45, 7) is 7.77. The second-order valence-corrected chi connectivity index (χ2v) is 9.44. The molecule has 1 aromatic carbocycles. The first kappa shape index (κ1) is 19.0. The number of hydrogen-bond donors (Lipinski definition) is 1. The van der Waals surface area contributed by atoms with E-state index in [4.69, 9.17) is 14.2 Å². The zero-order valence-electron chi connectivity index (χ0n) is 17.6. The zero-order chi connectivity index (χ0) is 20.3. The molecule has 0 radical (unpaired) electrons. The number of rotatable bonds is 4. The molecule has 6 heteroatoms. The Morgan fingerprint density at radius 2 is 1.79 bits per heavy atom. The van der Waals surface area contributed by atoms with Crippen molar-refractivity contribution in [2.45, 2.75) is 46.1 Å². The van der Waals surface area contributed by atoms with E-state index >= 15 is 0 Å². The number of methoxy groups -OCH3 is 3. The molecule has 2 heterocycles. The highest BCUT2D eigenvalue weighted by Gasteiger charge is 2.51. The number of aromatic nitrogens is 1. The maximum absolute atomic E-state index is 13.4. The van der Waals surface area contributed by atoms with Gasteiger partial charge in [-0.05, 0) is 36.2 Å². The lowest BCUT2D eigenvalue weighted by molar-refractivity contribution is 0.0703. The van der Waals surface area contributed by atoms with Crippen LogP contribution in [-0.4, -0.2) is 49.7 Å². The Morgan fingerprint density at radius 3 is 2.43 bits per heavy atom. The van der Waals surface area contributed by atoms with Gasteiger partial charge in [-0.1, -0.05) is 20.8 Å². The van der Waals surface area contributed by atoms with E-state index in [1.54, 1.807) is 21.3 Å². The lowest BCUT2D eigenvalue weighted by Gasteiger charge is -2.39. The largest absolute Gasteiger partial charge is 0.493 e. The highest BCUT2D eigenvalue weighted by molar-refractivity contribution is 6.01. The summed E-state index contributed by atoms with van der Waals surface area (Å²) in [4.78, 5) is 18.8. The number of H-pyrrole nitrogens is 1. The molecule has 4 rings (SSSR count). The number of hydrogen-bond acceptors (Lipinski definition) is 4. The predicted octanol–water partition coefficient (Wildman–Crippen LogP) is 4.23. The smallest absolute Gasteiger partial charge is 0.270 e. The average Bonchev–Trinajstić information content (AvgIpc) is 3.16.